The minimum absolute atomic E-state index is 0.159. The molecule has 1 unspecified atom stereocenters. The molecule has 0 fully saturated rings. The van der Waals surface area contributed by atoms with Crippen LogP contribution in [0, 0.1) is 18.3 Å². The van der Waals surface area contributed by atoms with Gasteiger partial charge in [-0.3, -0.25) is 0 Å². The highest BCUT2D eigenvalue weighted by molar-refractivity contribution is 7.22. The Bertz CT molecular complexity index is 250. The molecular formula is C10H14FP. The quantitative estimate of drug-likeness (QED) is 0.351. The van der Waals surface area contributed by atoms with Gasteiger partial charge in [0.05, 0.1) is 0 Å². The third-order valence-corrected chi connectivity index (χ3v) is 1.78. The average molecular weight is 184 g/mol. The van der Waals surface area contributed by atoms with Crippen LogP contribution < -0.4 is 0 Å². The molecule has 0 aliphatic rings. The molecule has 0 amide bonds. The van der Waals surface area contributed by atoms with E-state index in [9.17, 15) is 4.39 Å². The maximum absolute atomic E-state index is 13.2. The van der Waals surface area contributed by atoms with E-state index in [0.717, 1.165) is 11.4 Å². The summed E-state index contributed by atoms with van der Waals surface area (Å²) in [4.78, 5) is 0. The fourth-order valence-corrected chi connectivity index (χ4v) is 1.54. The first-order valence-corrected chi connectivity index (χ1v) is 4.36. The summed E-state index contributed by atoms with van der Waals surface area (Å²) in [5.41, 5.74) is 0.679. The van der Waals surface area contributed by atoms with Gasteiger partial charge in [-0.15, -0.1) is 15.7 Å². The molecule has 0 aromatic carbocycles. The van der Waals surface area contributed by atoms with Crippen LogP contribution in [0.15, 0.2) is 22.8 Å². The maximum atomic E-state index is 13.2. The molecule has 0 saturated carbocycles. The summed E-state index contributed by atoms with van der Waals surface area (Å²) in [7, 11) is 2.49. The third-order valence-electron chi connectivity index (χ3n) is 1.47. The zero-order valence-corrected chi connectivity index (χ0v) is 8.84. The lowest BCUT2D eigenvalue weighted by Crippen LogP contribution is -1.96. The molecule has 0 aliphatic heterocycles. The first-order valence-electron chi connectivity index (χ1n) is 3.79. The van der Waals surface area contributed by atoms with Crippen molar-refractivity contribution in [2.24, 2.45) is 5.92 Å². The summed E-state index contributed by atoms with van der Waals surface area (Å²) in [6, 6.07) is 0. The number of terminal acetylenes is 1. The maximum Gasteiger partial charge on any atom is 0.135 e. The standard InChI is InChI=1S/C10H14FP/c1-5-6-9(11)10(7(2)3)8(4)12/h1,6-7H,12H2,2-4H3/b9-6+,10-8+. The van der Waals surface area contributed by atoms with E-state index in [4.69, 9.17) is 6.42 Å². The number of halogens is 1. The molecule has 66 valence electrons. The van der Waals surface area contributed by atoms with Gasteiger partial charge < -0.3 is 0 Å². The van der Waals surface area contributed by atoms with E-state index in [0.29, 0.717) is 5.57 Å². The van der Waals surface area contributed by atoms with Crippen LogP contribution in [0.1, 0.15) is 20.8 Å². The summed E-state index contributed by atoms with van der Waals surface area (Å²) in [6.07, 6.45) is 6.13. The molecule has 0 aliphatic carbocycles. The Kier molecular flexibility index (Phi) is 4.86. The second-order valence-electron chi connectivity index (χ2n) is 2.91. The SMILES string of the molecule is C#C/C=C(F)\C(=C(/C)P)C(C)C. The van der Waals surface area contributed by atoms with Crippen LogP contribution in [0.25, 0.3) is 0 Å². The van der Waals surface area contributed by atoms with Crippen LogP contribution in [-0.2, 0) is 0 Å². The summed E-state index contributed by atoms with van der Waals surface area (Å²) in [5.74, 6) is 2.03. The van der Waals surface area contributed by atoms with Gasteiger partial charge in [0, 0.05) is 6.08 Å². The Hall–Kier alpha value is -0.600. The number of hydrogen-bond donors (Lipinski definition) is 0. The lowest BCUT2D eigenvalue weighted by atomic mass is 10.0. The smallest absolute Gasteiger partial charge is 0.135 e. The molecule has 0 spiro atoms. The van der Waals surface area contributed by atoms with Crippen molar-refractivity contribution >= 4 is 9.24 Å². The Morgan fingerprint density at radius 2 is 2.08 bits per heavy atom. The topological polar surface area (TPSA) is 0 Å². The highest BCUT2D eigenvalue weighted by Crippen LogP contribution is 2.27. The predicted molar refractivity (Wildman–Crippen MR) is 55.3 cm³/mol. The molecule has 1 atom stereocenters. The van der Waals surface area contributed by atoms with Crippen LogP contribution in [0.4, 0.5) is 4.39 Å². The van der Waals surface area contributed by atoms with Crippen LogP contribution in [0.5, 0.6) is 0 Å². The fraction of sp³-hybridized carbons (Fsp3) is 0.400. The Morgan fingerprint density at radius 1 is 1.58 bits per heavy atom. The molecule has 0 aromatic heterocycles. The number of allylic oxidation sites excluding steroid dienone is 4. The summed E-state index contributed by atoms with van der Waals surface area (Å²) >= 11 is 0. The lowest BCUT2D eigenvalue weighted by molar-refractivity contribution is 0.607. The van der Waals surface area contributed by atoms with E-state index in [1.165, 1.54) is 0 Å². The molecule has 0 nitrogen and oxygen atoms in total. The van der Waals surface area contributed by atoms with Gasteiger partial charge in [0.1, 0.15) is 5.83 Å². The third kappa shape index (κ3) is 3.20. The molecule has 0 N–H and O–H groups in total. The zero-order chi connectivity index (χ0) is 9.72. The van der Waals surface area contributed by atoms with Crippen LogP contribution >= 0.6 is 9.24 Å². The molecule has 12 heavy (non-hydrogen) atoms. The van der Waals surface area contributed by atoms with E-state index in [1.54, 1.807) is 0 Å². The molecule has 0 radical (unpaired) electrons. The summed E-state index contributed by atoms with van der Waals surface area (Å²) in [5, 5.41) is 0.897. The van der Waals surface area contributed by atoms with Gasteiger partial charge in [-0.25, -0.2) is 4.39 Å². The fourth-order valence-electron chi connectivity index (χ4n) is 1.07. The van der Waals surface area contributed by atoms with Gasteiger partial charge >= 0.3 is 0 Å². The monoisotopic (exact) mass is 184 g/mol. The highest BCUT2D eigenvalue weighted by Gasteiger charge is 2.09. The van der Waals surface area contributed by atoms with Crippen molar-refractivity contribution in [2.75, 3.05) is 0 Å². The molecular weight excluding hydrogens is 170 g/mol. The summed E-state index contributed by atoms with van der Waals surface area (Å²) in [6.45, 7) is 5.73. The van der Waals surface area contributed by atoms with Gasteiger partial charge in [-0.05, 0) is 23.7 Å². The van der Waals surface area contributed by atoms with E-state index < -0.39 is 0 Å². The second kappa shape index (κ2) is 5.12. The Balaban J connectivity index is 4.95. The predicted octanol–water partition coefficient (Wildman–Crippen LogP) is 3.28. The average Bonchev–Trinajstić information content (AvgIpc) is 1.85. The van der Waals surface area contributed by atoms with Crippen molar-refractivity contribution in [3.8, 4) is 12.3 Å². The minimum atomic E-state index is -0.306. The van der Waals surface area contributed by atoms with Crippen molar-refractivity contribution < 1.29 is 4.39 Å². The lowest BCUT2D eigenvalue weighted by Gasteiger charge is -2.10. The molecule has 0 aromatic rings. The van der Waals surface area contributed by atoms with Gasteiger partial charge in [0.2, 0.25) is 0 Å². The van der Waals surface area contributed by atoms with Crippen molar-refractivity contribution in [2.45, 2.75) is 20.8 Å². The molecule has 2 heteroatoms. The summed E-state index contributed by atoms with van der Waals surface area (Å²) < 4.78 is 13.2. The first kappa shape index (κ1) is 11.4. The van der Waals surface area contributed by atoms with Crippen molar-refractivity contribution in [1.29, 1.82) is 0 Å². The van der Waals surface area contributed by atoms with Gasteiger partial charge in [-0.1, -0.05) is 19.8 Å². The van der Waals surface area contributed by atoms with Gasteiger partial charge in [-0.2, -0.15) is 0 Å². The van der Waals surface area contributed by atoms with Gasteiger partial charge in [0.25, 0.3) is 0 Å². The van der Waals surface area contributed by atoms with E-state index in [2.05, 4.69) is 15.2 Å². The molecule has 0 bridgehead atoms. The first-order chi connectivity index (χ1) is 5.50. The van der Waals surface area contributed by atoms with Gasteiger partial charge in [0.15, 0.2) is 0 Å². The van der Waals surface area contributed by atoms with E-state index in [-0.39, 0.29) is 11.7 Å². The zero-order valence-electron chi connectivity index (χ0n) is 7.69. The number of hydrogen-bond acceptors (Lipinski definition) is 0. The van der Waals surface area contributed by atoms with E-state index >= 15 is 0 Å². The normalized spacial score (nSPS) is 14.2. The van der Waals surface area contributed by atoms with E-state index in [1.807, 2.05) is 20.8 Å². The van der Waals surface area contributed by atoms with Crippen LogP contribution in [0.2, 0.25) is 0 Å². The van der Waals surface area contributed by atoms with Crippen LogP contribution in [-0.4, -0.2) is 0 Å². The largest absolute Gasteiger partial charge is 0.206 e. The Labute approximate surface area is 76.1 Å². The number of rotatable bonds is 2. The van der Waals surface area contributed by atoms with Crippen molar-refractivity contribution in [3.05, 3.63) is 22.8 Å². The minimum Gasteiger partial charge on any atom is -0.206 e. The van der Waals surface area contributed by atoms with Crippen LogP contribution in [0.3, 0.4) is 0 Å². The molecule has 0 rings (SSSR count). The second-order valence-corrected chi connectivity index (χ2v) is 3.78. The Morgan fingerprint density at radius 3 is 2.33 bits per heavy atom. The molecule has 0 heterocycles. The highest BCUT2D eigenvalue weighted by atomic mass is 31.0. The van der Waals surface area contributed by atoms with Crippen molar-refractivity contribution in [1.82, 2.24) is 0 Å². The molecule has 0 saturated heterocycles. The van der Waals surface area contributed by atoms with Crippen molar-refractivity contribution in [3.63, 3.8) is 0 Å².